The van der Waals surface area contributed by atoms with Gasteiger partial charge in [0.05, 0.1) is 34.3 Å². The number of benzene rings is 1. The number of aromatic carboxylic acids is 1. The number of methoxy groups -OCH3 is 1. The molecule has 0 spiro atoms. The van der Waals surface area contributed by atoms with Crippen molar-refractivity contribution in [3.8, 4) is 5.75 Å². The number of hydrogen-bond acceptors (Lipinski definition) is 5. The summed E-state index contributed by atoms with van der Waals surface area (Å²) in [5, 5.41) is 9.05. The molecule has 0 fully saturated rings. The van der Waals surface area contributed by atoms with Gasteiger partial charge in [-0.25, -0.2) is 14.8 Å². The van der Waals surface area contributed by atoms with Crippen molar-refractivity contribution in [3.63, 3.8) is 0 Å². The highest BCUT2D eigenvalue weighted by molar-refractivity contribution is 7.84. The van der Waals surface area contributed by atoms with E-state index in [2.05, 4.69) is 9.97 Å². The first-order valence-electron chi connectivity index (χ1n) is 5.67. The Hall–Kier alpha value is -2.28. The van der Waals surface area contributed by atoms with Crippen LogP contribution in [0, 0.1) is 0 Å². The van der Waals surface area contributed by atoms with Crippen LogP contribution in [0.15, 0.2) is 41.7 Å². The van der Waals surface area contributed by atoms with Crippen LogP contribution in [-0.4, -0.2) is 32.4 Å². The van der Waals surface area contributed by atoms with Crippen LogP contribution in [0.1, 0.15) is 16.1 Å². The molecule has 0 saturated heterocycles. The predicted octanol–water partition coefficient (Wildman–Crippen LogP) is 1.49. The van der Waals surface area contributed by atoms with Gasteiger partial charge in [-0.15, -0.1) is 0 Å². The normalized spacial score (nSPS) is 11.8. The fraction of sp³-hybridized carbons (Fsp3) is 0.154. The van der Waals surface area contributed by atoms with E-state index in [4.69, 9.17) is 9.84 Å². The Morgan fingerprint density at radius 3 is 2.85 bits per heavy atom. The molecule has 1 aromatic carbocycles. The van der Waals surface area contributed by atoms with Crippen molar-refractivity contribution in [3.05, 3.63) is 48.0 Å². The minimum atomic E-state index is -1.45. The maximum Gasteiger partial charge on any atom is 0.339 e. The Labute approximate surface area is 117 Å². The third-order valence-corrected chi connectivity index (χ3v) is 3.97. The maximum absolute atomic E-state index is 12.3. The smallest absolute Gasteiger partial charge is 0.339 e. The van der Waals surface area contributed by atoms with E-state index in [1.54, 1.807) is 24.3 Å². The van der Waals surface area contributed by atoms with E-state index in [0.29, 0.717) is 10.6 Å². The average Bonchev–Trinajstić information content (AvgIpc) is 2.47. The Morgan fingerprint density at radius 2 is 2.15 bits per heavy atom. The van der Waals surface area contributed by atoms with Crippen LogP contribution in [-0.2, 0) is 16.6 Å². The minimum Gasteiger partial charge on any atom is -0.495 e. The molecule has 0 radical (unpaired) electrons. The van der Waals surface area contributed by atoms with E-state index >= 15 is 0 Å². The summed E-state index contributed by atoms with van der Waals surface area (Å²) in [6.07, 6.45) is 2.44. The minimum absolute atomic E-state index is 0.00940. The average molecular weight is 292 g/mol. The molecule has 2 aromatic rings. The summed E-state index contributed by atoms with van der Waals surface area (Å²) < 4.78 is 17.5. The second-order valence-electron chi connectivity index (χ2n) is 3.83. The van der Waals surface area contributed by atoms with E-state index in [1.807, 2.05) is 0 Å². The van der Waals surface area contributed by atoms with E-state index in [-0.39, 0.29) is 17.0 Å². The quantitative estimate of drug-likeness (QED) is 0.898. The van der Waals surface area contributed by atoms with Gasteiger partial charge in [-0.2, -0.15) is 0 Å². The number of para-hydroxylation sites is 1. The molecule has 104 valence electrons. The van der Waals surface area contributed by atoms with Crippen LogP contribution in [0.4, 0.5) is 0 Å². The lowest BCUT2D eigenvalue weighted by Crippen LogP contribution is -2.09. The van der Waals surface area contributed by atoms with Gasteiger partial charge in [0.2, 0.25) is 0 Å². The molecule has 1 heterocycles. The highest BCUT2D eigenvalue weighted by Crippen LogP contribution is 2.23. The molecule has 1 aromatic heterocycles. The molecular formula is C13H12N2O4S. The summed E-state index contributed by atoms with van der Waals surface area (Å²) in [4.78, 5) is 19.1. The largest absolute Gasteiger partial charge is 0.495 e. The van der Waals surface area contributed by atoms with Crippen LogP contribution >= 0.6 is 0 Å². The first-order valence-corrected chi connectivity index (χ1v) is 6.99. The summed E-state index contributed by atoms with van der Waals surface area (Å²) >= 11 is 0. The lowest BCUT2D eigenvalue weighted by Gasteiger charge is -2.08. The first kappa shape index (κ1) is 14.1. The van der Waals surface area contributed by atoms with Crippen LogP contribution in [0.2, 0.25) is 0 Å². The zero-order chi connectivity index (χ0) is 14.5. The second-order valence-corrected chi connectivity index (χ2v) is 5.25. The van der Waals surface area contributed by atoms with Crippen molar-refractivity contribution in [2.45, 2.75) is 10.6 Å². The summed E-state index contributed by atoms with van der Waals surface area (Å²) in [5.74, 6) is -0.653. The van der Waals surface area contributed by atoms with E-state index in [9.17, 15) is 9.00 Å². The van der Waals surface area contributed by atoms with Gasteiger partial charge in [-0.3, -0.25) is 4.21 Å². The Morgan fingerprint density at radius 1 is 1.40 bits per heavy atom. The highest BCUT2D eigenvalue weighted by atomic mass is 32.2. The standard InChI is InChI=1S/C13H12N2O4S/c1-19-11-4-2-3-5-12(11)20(18)7-10-9(13(16)17)6-14-8-15-10/h2-6,8H,7H2,1H3,(H,16,17). The van der Waals surface area contributed by atoms with Crippen LogP contribution < -0.4 is 4.74 Å². The predicted molar refractivity (Wildman–Crippen MR) is 72.1 cm³/mol. The van der Waals surface area contributed by atoms with Gasteiger partial charge in [0.15, 0.2) is 0 Å². The fourth-order valence-electron chi connectivity index (χ4n) is 1.66. The Kier molecular flexibility index (Phi) is 4.41. The molecule has 0 amide bonds. The molecule has 1 N–H and O–H groups in total. The highest BCUT2D eigenvalue weighted by Gasteiger charge is 2.17. The number of carboxylic acids is 1. The molecule has 6 nitrogen and oxygen atoms in total. The van der Waals surface area contributed by atoms with E-state index in [1.165, 1.54) is 19.6 Å². The number of hydrogen-bond donors (Lipinski definition) is 1. The molecule has 2 rings (SSSR count). The van der Waals surface area contributed by atoms with Gasteiger partial charge in [0.1, 0.15) is 17.6 Å². The SMILES string of the molecule is COc1ccccc1S(=O)Cc1ncncc1C(=O)O. The molecule has 0 bridgehead atoms. The van der Waals surface area contributed by atoms with Crippen molar-refractivity contribution in [2.24, 2.45) is 0 Å². The number of nitrogens with zero attached hydrogens (tertiary/aromatic N) is 2. The topological polar surface area (TPSA) is 89.4 Å². The molecule has 1 unspecified atom stereocenters. The first-order chi connectivity index (χ1) is 9.63. The van der Waals surface area contributed by atoms with Crippen molar-refractivity contribution < 1.29 is 18.8 Å². The van der Waals surface area contributed by atoms with Gasteiger partial charge in [0.25, 0.3) is 0 Å². The zero-order valence-corrected chi connectivity index (χ0v) is 11.5. The zero-order valence-electron chi connectivity index (χ0n) is 10.6. The summed E-state index contributed by atoms with van der Waals surface area (Å²) in [6.45, 7) is 0. The third-order valence-electron chi connectivity index (χ3n) is 2.61. The number of carboxylic acid groups (broad SMARTS) is 1. The van der Waals surface area contributed by atoms with Gasteiger partial charge in [-0.1, -0.05) is 12.1 Å². The van der Waals surface area contributed by atoms with Crippen molar-refractivity contribution in [1.82, 2.24) is 9.97 Å². The second kappa shape index (κ2) is 6.25. The summed E-state index contributed by atoms with van der Waals surface area (Å²) in [5.41, 5.74) is 0.187. The summed E-state index contributed by atoms with van der Waals surface area (Å²) in [6, 6.07) is 6.89. The molecular weight excluding hydrogens is 280 g/mol. The number of ether oxygens (including phenoxy) is 1. The van der Waals surface area contributed by atoms with Gasteiger partial charge in [0, 0.05) is 6.20 Å². The molecule has 0 saturated carbocycles. The number of aromatic nitrogens is 2. The van der Waals surface area contributed by atoms with Crippen LogP contribution in [0.25, 0.3) is 0 Å². The maximum atomic E-state index is 12.3. The van der Waals surface area contributed by atoms with Crippen LogP contribution in [0.5, 0.6) is 5.75 Å². The monoisotopic (exact) mass is 292 g/mol. The fourth-order valence-corrected chi connectivity index (χ4v) is 2.90. The molecule has 0 aliphatic carbocycles. The van der Waals surface area contributed by atoms with Crippen LogP contribution in [0.3, 0.4) is 0 Å². The molecule has 7 heteroatoms. The third kappa shape index (κ3) is 3.00. The van der Waals surface area contributed by atoms with E-state index in [0.717, 1.165) is 0 Å². The van der Waals surface area contributed by atoms with Crippen molar-refractivity contribution in [1.29, 1.82) is 0 Å². The van der Waals surface area contributed by atoms with Gasteiger partial charge >= 0.3 is 5.97 Å². The Balaban J connectivity index is 2.31. The van der Waals surface area contributed by atoms with Gasteiger partial charge < -0.3 is 9.84 Å². The molecule has 0 aliphatic heterocycles. The number of rotatable bonds is 5. The van der Waals surface area contributed by atoms with E-state index < -0.39 is 16.8 Å². The lowest BCUT2D eigenvalue weighted by atomic mass is 10.2. The lowest BCUT2D eigenvalue weighted by molar-refractivity contribution is 0.0695. The van der Waals surface area contributed by atoms with Crippen molar-refractivity contribution in [2.75, 3.05) is 7.11 Å². The summed E-state index contributed by atoms with van der Waals surface area (Å²) in [7, 11) is 0.0382. The Bertz CT molecular complexity index is 660. The molecule has 1 atom stereocenters. The van der Waals surface area contributed by atoms with Gasteiger partial charge in [-0.05, 0) is 12.1 Å². The molecule has 20 heavy (non-hydrogen) atoms. The molecule has 0 aliphatic rings. The number of carbonyl (C=O) groups is 1. The van der Waals surface area contributed by atoms with Crippen molar-refractivity contribution >= 4 is 16.8 Å².